The third kappa shape index (κ3) is 3.49. The van der Waals surface area contributed by atoms with Crippen molar-refractivity contribution in [3.8, 4) is 11.5 Å². The predicted octanol–water partition coefficient (Wildman–Crippen LogP) is 4.25. The standard InChI is InChI=1S/C18H18N4O4/c1-3-25-13-9-8-12(11-14(13)26-4-2)20-21-17-16(18(23)24)19-15-7-5-6-10-22(15)17/h5-11H,3-4H2,1-2H3,(H,23,24). The second kappa shape index (κ2) is 7.64. The summed E-state index contributed by atoms with van der Waals surface area (Å²) in [5.41, 5.74) is 0.843. The number of pyridine rings is 1. The molecule has 8 heteroatoms. The van der Waals surface area contributed by atoms with Gasteiger partial charge >= 0.3 is 5.97 Å². The third-order valence-corrected chi connectivity index (χ3v) is 3.49. The quantitative estimate of drug-likeness (QED) is 0.640. The Balaban J connectivity index is 2.00. The lowest BCUT2D eigenvalue weighted by atomic mass is 10.3. The van der Waals surface area contributed by atoms with Gasteiger partial charge in [-0.05, 0) is 38.1 Å². The number of aromatic nitrogens is 2. The first-order valence-corrected chi connectivity index (χ1v) is 8.15. The zero-order valence-electron chi connectivity index (χ0n) is 14.4. The Morgan fingerprint density at radius 1 is 1.12 bits per heavy atom. The number of imidazole rings is 1. The van der Waals surface area contributed by atoms with Crippen molar-refractivity contribution < 1.29 is 19.4 Å². The molecule has 0 unspecified atom stereocenters. The molecule has 1 aromatic carbocycles. The molecule has 0 atom stereocenters. The molecule has 3 rings (SSSR count). The molecule has 0 radical (unpaired) electrons. The molecule has 2 heterocycles. The van der Waals surface area contributed by atoms with E-state index in [-0.39, 0.29) is 11.5 Å². The highest BCUT2D eigenvalue weighted by Gasteiger charge is 2.18. The molecule has 0 aliphatic rings. The zero-order valence-corrected chi connectivity index (χ0v) is 14.4. The summed E-state index contributed by atoms with van der Waals surface area (Å²) < 4.78 is 12.6. The van der Waals surface area contributed by atoms with Crippen LogP contribution in [0.15, 0.2) is 52.8 Å². The number of aromatic carboxylic acids is 1. The highest BCUT2D eigenvalue weighted by Crippen LogP contribution is 2.33. The van der Waals surface area contributed by atoms with Gasteiger partial charge in [-0.25, -0.2) is 9.78 Å². The number of carboxylic acids is 1. The number of hydrogen-bond donors (Lipinski definition) is 1. The van der Waals surface area contributed by atoms with E-state index in [9.17, 15) is 9.90 Å². The van der Waals surface area contributed by atoms with Crippen LogP contribution in [0.5, 0.6) is 11.5 Å². The van der Waals surface area contributed by atoms with Crippen molar-refractivity contribution in [2.24, 2.45) is 10.2 Å². The molecule has 0 amide bonds. The van der Waals surface area contributed by atoms with Crippen molar-refractivity contribution in [2.75, 3.05) is 13.2 Å². The second-order valence-electron chi connectivity index (χ2n) is 5.22. The Bertz CT molecular complexity index is 965. The maximum Gasteiger partial charge on any atom is 0.358 e. The highest BCUT2D eigenvalue weighted by molar-refractivity contribution is 5.91. The van der Waals surface area contributed by atoms with Gasteiger partial charge in [0.15, 0.2) is 23.0 Å². The number of benzene rings is 1. The molecule has 0 bridgehead atoms. The van der Waals surface area contributed by atoms with E-state index in [2.05, 4.69) is 15.2 Å². The van der Waals surface area contributed by atoms with Crippen LogP contribution in [0.25, 0.3) is 5.65 Å². The van der Waals surface area contributed by atoms with Crippen LogP contribution in [0, 0.1) is 0 Å². The minimum absolute atomic E-state index is 0.153. The molecule has 1 N–H and O–H groups in total. The lowest BCUT2D eigenvalue weighted by Gasteiger charge is -2.10. The van der Waals surface area contributed by atoms with Gasteiger partial charge < -0.3 is 14.6 Å². The third-order valence-electron chi connectivity index (χ3n) is 3.49. The molecule has 0 fully saturated rings. The Kier molecular flexibility index (Phi) is 5.12. The average Bonchev–Trinajstić information content (AvgIpc) is 3.01. The molecule has 0 aliphatic carbocycles. The largest absolute Gasteiger partial charge is 0.490 e. The van der Waals surface area contributed by atoms with Gasteiger partial charge in [0, 0.05) is 12.3 Å². The van der Waals surface area contributed by atoms with Gasteiger partial charge in [0.05, 0.1) is 18.9 Å². The van der Waals surface area contributed by atoms with Gasteiger partial charge in [0.1, 0.15) is 5.65 Å². The second-order valence-corrected chi connectivity index (χ2v) is 5.22. The topological polar surface area (TPSA) is 97.8 Å². The van der Waals surface area contributed by atoms with Crippen molar-refractivity contribution in [2.45, 2.75) is 13.8 Å². The van der Waals surface area contributed by atoms with Crippen LogP contribution in [-0.2, 0) is 0 Å². The molecule has 0 saturated carbocycles. The van der Waals surface area contributed by atoms with E-state index in [4.69, 9.17) is 9.47 Å². The van der Waals surface area contributed by atoms with Crippen molar-refractivity contribution >= 4 is 23.1 Å². The first kappa shape index (κ1) is 17.4. The Morgan fingerprint density at radius 3 is 2.62 bits per heavy atom. The van der Waals surface area contributed by atoms with E-state index in [0.29, 0.717) is 36.0 Å². The number of fused-ring (bicyclic) bond motifs is 1. The van der Waals surface area contributed by atoms with Crippen LogP contribution in [0.3, 0.4) is 0 Å². The lowest BCUT2D eigenvalue weighted by molar-refractivity contribution is 0.0692. The molecule has 26 heavy (non-hydrogen) atoms. The van der Waals surface area contributed by atoms with E-state index in [1.54, 1.807) is 47.0 Å². The fourth-order valence-corrected chi connectivity index (χ4v) is 2.43. The maximum absolute atomic E-state index is 11.4. The molecule has 3 aromatic rings. The van der Waals surface area contributed by atoms with Crippen molar-refractivity contribution in [3.05, 3.63) is 48.3 Å². The summed E-state index contributed by atoms with van der Waals surface area (Å²) in [6, 6.07) is 10.4. The SMILES string of the molecule is CCOc1ccc(N=Nc2c(C(=O)O)nc3ccccn23)cc1OCC. The number of azo groups is 1. The number of ether oxygens (including phenoxy) is 2. The summed E-state index contributed by atoms with van der Waals surface area (Å²) in [4.78, 5) is 15.5. The summed E-state index contributed by atoms with van der Waals surface area (Å²) in [5, 5.41) is 17.6. The Hall–Kier alpha value is -3.42. The minimum Gasteiger partial charge on any atom is -0.490 e. The fraction of sp³-hybridized carbons (Fsp3) is 0.222. The van der Waals surface area contributed by atoms with Crippen molar-refractivity contribution in [1.29, 1.82) is 0 Å². The molecule has 0 spiro atoms. The maximum atomic E-state index is 11.4. The van der Waals surface area contributed by atoms with E-state index in [0.717, 1.165) is 0 Å². The highest BCUT2D eigenvalue weighted by atomic mass is 16.5. The van der Waals surface area contributed by atoms with Crippen LogP contribution < -0.4 is 9.47 Å². The van der Waals surface area contributed by atoms with Gasteiger partial charge in [-0.15, -0.1) is 10.2 Å². The molecular formula is C18H18N4O4. The number of hydrogen-bond acceptors (Lipinski definition) is 6. The number of carbonyl (C=O) groups is 1. The van der Waals surface area contributed by atoms with Gasteiger partial charge in [-0.2, -0.15) is 0 Å². The number of carboxylic acid groups (broad SMARTS) is 1. The minimum atomic E-state index is -1.16. The zero-order chi connectivity index (χ0) is 18.5. The molecule has 8 nitrogen and oxygen atoms in total. The number of nitrogens with zero attached hydrogens (tertiary/aromatic N) is 4. The summed E-state index contributed by atoms with van der Waals surface area (Å²) in [6.07, 6.45) is 1.69. The summed E-state index contributed by atoms with van der Waals surface area (Å²) in [5.74, 6) is 0.168. The van der Waals surface area contributed by atoms with Gasteiger partial charge in [0.25, 0.3) is 0 Å². The Morgan fingerprint density at radius 2 is 1.88 bits per heavy atom. The molecular weight excluding hydrogens is 336 g/mol. The lowest BCUT2D eigenvalue weighted by Crippen LogP contribution is -1.97. The molecule has 0 saturated heterocycles. The molecule has 2 aromatic heterocycles. The Labute approximate surface area is 149 Å². The average molecular weight is 354 g/mol. The van der Waals surface area contributed by atoms with Crippen LogP contribution in [-0.4, -0.2) is 33.7 Å². The van der Waals surface area contributed by atoms with Crippen LogP contribution >= 0.6 is 0 Å². The summed E-state index contributed by atoms with van der Waals surface area (Å²) in [6.45, 7) is 4.77. The van der Waals surface area contributed by atoms with Gasteiger partial charge in [-0.1, -0.05) is 6.07 Å². The van der Waals surface area contributed by atoms with E-state index >= 15 is 0 Å². The van der Waals surface area contributed by atoms with Crippen LogP contribution in [0.2, 0.25) is 0 Å². The normalized spacial score (nSPS) is 11.2. The summed E-state index contributed by atoms with van der Waals surface area (Å²) >= 11 is 0. The smallest absolute Gasteiger partial charge is 0.358 e. The van der Waals surface area contributed by atoms with E-state index in [1.165, 1.54) is 0 Å². The first-order chi connectivity index (χ1) is 12.6. The van der Waals surface area contributed by atoms with Gasteiger partial charge in [0.2, 0.25) is 0 Å². The first-order valence-electron chi connectivity index (χ1n) is 8.15. The van der Waals surface area contributed by atoms with Gasteiger partial charge in [-0.3, -0.25) is 4.40 Å². The number of rotatable bonds is 7. The van der Waals surface area contributed by atoms with E-state index < -0.39 is 5.97 Å². The monoisotopic (exact) mass is 354 g/mol. The summed E-state index contributed by atoms with van der Waals surface area (Å²) in [7, 11) is 0. The van der Waals surface area contributed by atoms with Crippen molar-refractivity contribution in [1.82, 2.24) is 9.38 Å². The van der Waals surface area contributed by atoms with Crippen LogP contribution in [0.4, 0.5) is 11.5 Å². The fourth-order valence-electron chi connectivity index (χ4n) is 2.43. The van der Waals surface area contributed by atoms with E-state index in [1.807, 2.05) is 13.8 Å². The molecule has 0 aliphatic heterocycles. The van der Waals surface area contributed by atoms with Crippen LogP contribution in [0.1, 0.15) is 24.3 Å². The van der Waals surface area contributed by atoms with Crippen molar-refractivity contribution in [3.63, 3.8) is 0 Å². The predicted molar refractivity (Wildman–Crippen MR) is 95.1 cm³/mol. The molecule has 134 valence electrons.